The van der Waals surface area contributed by atoms with Crippen LogP contribution >= 0.6 is 0 Å². The van der Waals surface area contributed by atoms with Gasteiger partial charge in [0.2, 0.25) is 0 Å². The van der Waals surface area contributed by atoms with E-state index in [9.17, 15) is 5.11 Å². The summed E-state index contributed by atoms with van der Waals surface area (Å²) in [7, 11) is 2.10. The fourth-order valence-corrected chi connectivity index (χ4v) is 2.09. The van der Waals surface area contributed by atoms with E-state index >= 15 is 0 Å². The van der Waals surface area contributed by atoms with Gasteiger partial charge < -0.3 is 15.7 Å². The van der Waals surface area contributed by atoms with Crippen LogP contribution in [0.5, 0.6) is 5.75 Å². The first-order valence-electron chi connectivity index (χ1n) is 6.50. The van der Waals surface area contributed by atoms with Gasteiger partial charge in [0.1, 0.15) is 5.75 Å². The number of aryl methyl sites for hydroxylation is 1. The van der Waals surface area contributed by atoms with Gasteiger partial charge in [-0.25, -0.2) is 0 Å². The van der Waals surface area contributed by atoms with Gasteiger partial charge in [-0.15, -0.1) is 0 Å². The Morgan fingerprint density at radius 2 is 1.84 bits per heavy atom. The van der Waals surface area contributed by atoms with Crippen molar-refractivity contribution in [2.45, 2.75) is 12.8 Å². The number of nitrogen functional groups attached to an aromatic ring is 1. The molecule has 0 saturated heterocycles. The topological polar surface area (TPSA) is 49.5 Å². The first kappa shape index (κ1) is 13.3. The van der Waals surface area contributed by atoms with E-state index < -0.39 is 0 Å². The average Bonchev–Trinajstić information content (AvgIpc) is 2.43. The Morgan fingerprint density at radius 3 is 2.53 bits per heavy atom. The molecule has 2 aromatic carbocycles. The van der Waals surface area contributed by atoms with E-state index in [4.69, 9.17) is 5.73 Å². The molecule has 0 unspecified atom stereocenters. The van der Waals surface area contributed by atoms with Gasteiger partial charge in [-0.1, -0.05) is 24.3 Å². The normalized spacial score (nSPS) is 10.4. The van der Waals surface area contributed by atoms with Crippen LogP contribution < -0.4 is 10.6 Å². The van der Waals surface area contributed by atoms with Crippen molar-refractivity contribution in [1.29, 1.82) is 0 Å². The number of hydrogen-bond donors (Lipinski definition) is 2. The molecular formula is C16H20N2O. The van der Waals surface area contributed by atoms with Crippen LogP contribution in [-0.4, -0.2) is 18.7 Å². The van der Waals surface area contributed by atoms with Crippen molar-refractivity contribution in [2.24, 2.45) is 0 Å². The third-order valence-corrected chi connectivity index (χ3v) is 3.25. The van der Waals surface area contributed by atoms with E-state index in [0.29, 0.717) is 5.69 Å². The summed E-state index contributed by atoms with van der Waals surface area (Å²) in [5, 5.41) is 9.37. The van der Waals surface area contributed by atoms with Gasteiger partial charge in [-0.05, 0) is 42.7 Å². The Morgan fingerprint density at radius 1 is 1.11 bits per heavy atom. The average molecular weight is 256 g/mol. The summed E-state index contributed by atoms with van der Waals surface area (Å²) in [5.41, 5.74) is 8.53. The number of benzene rings is 2. The highest BCUT2D eigenvalue weighted by Crippen LogP contribution is 2.21. The summed E-state index contributed by atoms with van der Waals surface area (Å²) in [6.45, 7) is 0.991. The van der Waals surface area contributed by atoms with E-state index in [1.54, 1.807) is 6.07 Å². The van der Waals surface area contributed by atoms with Crippen molar-refractivity contribution < 1.29 is 5.11 Å². The molecule has 0 aromatic heterocycles. The fraction of sp³-hybridized carbons (Fsp3) is 0.250. The molecule has 0 aliphatic heterocycles. The molecule has 0 saturated carbocycles. The number of nitrogens with two attached hydrogens (primary N) is 1. The molecule has 0 bridgehead atoms. The second-order valence-electron chi connectivity index (χ2n) is 4.75. The van der Waals surface area contributed by atoms with Crippen molar-refractivity contribution in [3.05, 3.63) is 54.1 Å². The third-order valence-electron chi connectivity index (χ3n) is 3.25. The lowest BCUT2D eigenvalue weighted by Gasteiger charge is -2.19. The van der Waals surface area contributed by atoms with E-state index in [1.165, 1.54) is 5.69 Å². The number of anilines is 2. The summed E-state index contributed by atoms with van der Waals surface area (Å²) >= 11 is 0. The van der Waals surface area contributed by atoms with Gasteiger partial charge in [-0.3, -0.25) is 0 Å². The molecule has 0 spiro atoms. The van der Waals surface area contributed by atoms with Crippen molar-refractivity contribution in [2.75, 3.05) is 24.2 Å². The van der Waals surface area contributed by atoms with Crippen LogP contribution in [-0.2, 0) is 6.42 Å². The molecule has 0 heterocycles. The molecule has 2 rings (SSSR count). The Labute approximate surface area is 114 Å². The first-order valence-corrected chi connectivity index (χ1v) is 6.50. The van der Waals surface area contributed by atoms with Crippen LogP contribution in [0.2, 0.25) is 0 Å². The zero-order chi connectivity index (χ0) is 13.7. The molecule has 3 nitrogen and oxygen atoms in total. The van der Waals surface area contributed by atoms with E-state index in [1.807, 2.05) is 30.3 Å². The number of para-hydroxylation sites is 1. The molecule has 2 aromatic rings. The minimum absolute atomic E-state index is 0.158. The van der Waals surface area contributed by atoms with E-state index in [-0.39, 0.29) is 5.75 Å². The second kappa shape index (κ2) is 6.14. The third kappa shape index (κ3) is 3.65. The monoisotopic (exact) mass is 256 g/mol. The maximum atomic E-state index is 9.37. The van der Waals surface area contributed by atoms with Crippen LogP contribution in [0.25, 0.3) is 0 Å². The minimum Gasteiger partial charge on any atom is -0.506 e. The maximum Gasteiger partial charge on any atom is 0.138 e. The van der Waals surface area contributed by atoms with Gasteiger partial charge in [0, 0.05) is 19.3 Å². The number of hydrogen-bond acceptors (Lipinski definition) is 3. The second-order valence-corrected chi connectivity index (χ2v) is 4.75. The standard InChI is InChI=1S/C16H20N2O/c1-18(14-7-3-2-4-8-14)11-5-6-13-9-10-16(19)15(17)12-13/h2-4,7-10,12,19H,5-6,11,17H2,1H3. The van der Waals surface area contributed by atoms with Crippen LogP contribution in [0.1, 0.15) is 12.0 Å². The molecule has 0 aliphatic rings. The van der Waals surface area contributed by atoms with Crippen molar-refractivity contribution in [1.82, 2.24) is 0 Å². The largest absolute Gasteiger partial charge is 0.506 e. The maximum absolute atomic E-state index is 9.37. The Balaban J connectivity index is 1.85. The SMILES string of the molecule is CN(CCCc1ccc(O)c(N)c1)c1ccccc1. The highest BCUT2D eigenvalue weighted by Gasteiger charge is 2.02. The number of rotatable bonds is 5. The summed E-state index contributed by atoms with van der Waals surface area (Å²) in [6, 6.07) is 15.8. The number of phenols is 1. The van der Waals surface area contributed by atoms with Crippen LogP contribution in [0.15, 0.2) is 48.5 Å². The molecule has 0 fully saturated rings. The number of aromatic hydroxyl groups is 1. The van der Waals surface area contributed by atoms with Gasteiger partial charge in [0.25, 0.3) is 0 Å². The van der Waals surface area contributed by atoms with Crippen LogP contribution in [0.4, 0.5) is 11.4 Å². The Hall–Kier alpha value is -2.16. The molecule has 19 heavy (non-hydrogen) atoms. The highest BCUT2D eigenvalue weighted by molar-refractivity contribution is 5.53. The van der Waals surface area contributed by atoms with E-state index in [2.05, 4.69) is 24.1 Å². The predicted molar refractivity (Wildman–Crippen MR) is 80.6 cm³/mol. The lowest BCUT2D eigenvalue weighted by molar-refractivity contribution is 0.477. The van der Waals surface area contributed by atoms with Gasteiger partial charge >= 0.3 is 0 Å². The van der Waals surface area contributed by atoms with Crippen molar-refractivity contribution in [3.8, 4) is 5.75 Å². The molecule has 0 aliphatic carbocycles. The van der Waals surface area contributed by atoms with Crippen molar-refractivity contribution in [3.63, 3.8) is 0 Å². The summed E-state index contributed by atoms with van der Waals surface area (Å²) in [5.74, 6) is 0.158. The summed E-state index contributed by atoms with van der Waals surface area (Å²) < 4.78 is 0. The molecular weight excluding hydrogens is 236 g/mol. The predicted octanol–water partition coefficient (Wildman–Crippen LogP) is 3.04. The zero-order valence-corrected chi connectivity index (χ0v) is 11.2. The van der Waals surface area contributed by atoms with Crippen LogP contribution in [0.3, 0.4) is 0 Å². The lowest BCUT2D eigenvalue weighted by Crippen LogP contribution is -2.18. The van der Waals surface area contributed by atoms with Crippen LogP contribution in [0, 0.1) is 0 Å². The smallest absolute Gasteiger partial charge is 0.138 e. The quantitative estimate of drug-likeness (QED) is 0.638. The van der Waals surface area contributed by atoms with Gasteiger partial charge in [-0.2, -0.15) is 0 Å². The molecule has 0 amide bonds. The number of nitrogens with zero attached hydrogens (tertiary/aromatic N) is 1. The zero-order valence-electron chi connectivity index (χ0n) is 11.2. The van der Waals surface area contributed by atoms with Gasteiger partial charge in [0.05, 0.1) is 5.69 Å². The molecule has 0 radical (unpaired) electrons. The molecule has 100 valence electrons. The minimum atomic E-state index is 0.158. The fourth-order valence-electron chi connectivity index (χ4n) is 2.09. The molecule has 3 N–H and O–H groups in total. The lowest BCUT2D eigenvalue weighted by atomic mass is 10.1. The summed E-state index contributed by atoms with van der Waals surface area (Å²) in [4.78, 5) is 2.24. The first-order chi connectivity index (χ1) is 9.16. The highest BCUT2D eigenvalue weighted by atomic mass is 16.3. The number of phenolic OH excluding ortho intramolecular Hbond substituents is 1. The van der Waals surface area contributed by atoms with E-state index in [0.717, 1.165) is 24.9 Å². The van der Waals surface area contributed by atoms with Gasteiger partial charge in [0.15, 0.2) is 0 Å². The Bertz CT molecular complexity index is 526. The molecule has 0 atom stereocenters. The molecule has 3 heteroatoms. The summed E-state index contributed by atoms with van der Waals surface area (Å²) in [6.07, 6.45) is 2.01. The van der Waals surface area contributed by atoms with Crippen molar-refractivity contribution >= 4 is 11.4 Å². The Kier molecular flexibility index (Phi) is 4.29.